The summed E-state index contributed by atoms with van der Waals surface area (Å²) >= 11 is 0. The maximum absolute atomic E-state index is 10.5. The Bertz CT molecular complexity index is 358. The number of aliphatic hydroxyl groups is 1. The Hall–Kier alpha value is -1.02. The molecule has 0 aromatic heterocycles. The van der Waals surface area contributed by atoms with Gasteiger partial charge in [0, 0.05) is 0 Å². The topological polar surface area (TPSA) is 29.5 Å². The molecule has 2 nitrogen and oxygen atoms in total. The van der Waals surface area contributed by atoms with Gasteiger partial charge in [-0.05, 0) is 49.3 Å². The second-order valence-electron chi connectivity index (χ2n) is 6.42. The minimum atomic E-state index is -0.752. The smallest absolute Gasteiger partial charge is 0.118 e. The van der Waals surface area contributed by atoms with Gasteiger partial charge in [0.25, 0.3) is 0 Å². The van der Waals surface area contributed by atoms with Crippen molar-refractivity contribution in [1.82, 2.24) is 0 Å². The molecule has 0 amide bonds. The molecule has 1 rings (SSSR count). The third-order valence-corrected chi connectivity index (χ3v) is 3.30. The molecule has 1 aromatic rings. The fourth-order valence-electron chi connectivity index (χ4n) is 2.06. The van der Waals surface area contributed by atoms with Gasteiger partial charge in [0.1, 0.15) is 5.75 Å². The quantitative estimate of drug-likeness (QED) is 0.851. The van der Waals surface area contributed by atoms with Crippen LogP contribution in [0.1, 0.15) is 52.5 Å². The average molecular weight is 250 g/mol. The molecule has 0 fully saturated rings. The van der Waals surface area contributed by atoms with Crippen LogP contribution in [0.15, 0.2) is 24.3 Å². The molecule has 2 heteroatoms. The molecule has 18 heavy (non-hydrogen) atoms. The van der Waals surface area contributed by atoms with Crippen LogP contribution in [0.2, 0.25) is 0 Å². The molecule has 1 atom stereocenters. The van der Waals surface area contributed by atoms with Crippen LogP contribution < -0.4 is 4.74 Å². The number of hydrogen-bond acceptors (Lipinski definition) is 2. The molecule has 1 unspecified atom stereocenters. The van der Waals surface area contributed by atoms with Crippen LogP contribution in [0.25, 0.3) is 0 Å². The zero-order valence-electron chi connectivity index (χ0n) is 12.3. The fraction of sp³-hybridized carbons (Fsp3) is 0.625. The third kappa shape index (κ3) is 4.69. The molecule has 0 aliphatic heterocycles. The molecule has 102 valence electrons. The highest BCUT2D eigenvalue weighted by Crippen LogP contribution is 2.31. The highest BCUT2D eigenvalue weighted by molar-refractivity contribution is 5.30. The maximum atomic E-state index is 10.5. The zero-order valence-corrected chi connectivity index (χ0v) is 12.3. The first-order valence-corrected chi connectivity index (χ1v) is 6.61. The lowest BCUT2D eigenvalue weighted by Gasteiger charge is -2.26. The van der Waals surface area contributed by atoms with Crippen molar-refractivity contribution in [1.29, 1.82) is 0 Å². The van der Waals surface area contributed by atoms with Crippen LogP contribution >= 0.6 is 0 Å². The van der Waals surface area contributed by atoms with E-state index in [9.17, 15) is 5.11 Å². The van der Waals surface area contributed by atoms with Gasteiger partial charge < -0.3 is 9.84 Å². The van der Waals surface area contributed by atoms with E-state index in [1.165, 1.54) is 0 Å². The normalized spacial score (nSPS) is 15.2. The Labute approximate surface area is 111 Å². The molecule has 0 bridgehead atoms. The van der Waals surface area contributed by atoms with E-state index in [-0.39, 0.29) is 0 Å². The second kappa shape index (κ2) is 5.75. The van der Waals surface area contributed by atoms with Crippen molar-refractivity contribution in [3.05, 3.63) is 29.8 Å². The first kappa shape index (κ1) is 15.0. The van der Waals surface area contributed by atoms with E-state index in [2.05, 4.69) is 20.8 Å². The lowest BCUT2D eigenvalue weighted by atomic mass is 9.84. The summed E-state index contributed by atoms with van der Waals surface area (Å²) in [6.45, 7) is 8.58. The first-order chi connectivity index (χ1) is 8.24. The van der Waals surface area contributed by atoms with E-state index in [1.807, 2.05) is 31.2 Å². The summed E-state index contributed by atoms with van der Waals surface area (Å²) in [6.07, 6.45) is 2.94. The highest BCUT2D eigenvalue weighted by Gasteiger charge is 2.23. The summed E-state index contributed by atoms with van der Waals surface area (Å²) in [5.74, 6) is 0.823. The number of ether oxygens (including phenoxy) is 1. The molecule has 0 heterocycles. The molecule has 1 aromatic carbocycles. The Morgan fingerprint density at radius 1 is 1.00 bits per heavy atom. The summed E-state index contributed by atoms with van der Waals surface area (Å²) in [6, 6.07) is 7.67. The van der Waals surface area contributed by atoms with Gasteiger partial charge in [-0.1, -0.05) is 32.9 Å². The van der Waals surface area contributed by atoms with E-state index in [0.29, 0.717) is 5.41 Å². The Morgan fingerprint density at radius 3 is 2.00 bits per heavy atom. The van der Waals surface area contributed by atoms with Crippen molar-refractivity contribution in [2.24, 2.45) is 5.41 Å². The van der Waals surface area contributed by atoms with Gasteiger partial charge >= 0.3 is 0 Å². The van der Waals surface area contributed by atoms with E-state index >= 15 is 0 Å². The molecule has 0 aliphatic rings. The van der Waals surface area contributed by atoms with Crippen molar-refractivity contribution < 1.29 is 9.84 Å². The molecule has 0 saturated carbocycles. The zero-order chi connectivity index (χ0) is 13.8. The van der Waals surface area contributed by atoms with E-state index in [1.54, 1.807) is 7.11 Å². The first-order valence-electron chi connectivity index (χ1n) is 6.61. The van der Waals surface area contributed by atoms with E-state index in [4.69, 9.17) is 4.74 Å². The predicted octanol–water partition coefficient (Wildman–Crippen LogP) is 4.12. The number of benzene rings is 1. The largest absolute Gasteiger partial charge is 0.497 e. The van der Waals surface area contributed by atoms with E-state index in [0.717, 1.165) is 30.6 Å². The van der Waals surface area contributed by atoms with Gasteiger partial charge in [0.05, 0.1) is 12.7 Å². The van der Waals surface area contributed by atoms with Gasteiger partial charge in [-0.15, -0.1) is 0 Å². The summed E-state index contributed by atoms with van der Waals surface area (Å²) in [4.78, 5) is 0. The van der Waals surface area contributed by atoms with Crippen LogP contribution in [0.5, 0.6) is 5.75 Å². The van der Waals surface area contributed by atoms with Gasteiger partial charge in [-0.25, -0.2) is 0 Å². The monoisotopic (exact) mass is 250 g/mol. The molecular formula is C16H26O2. The summed E-state index contributed by atoms with van der Waals surface area (Å²) in [5, 5.41) is 10.5. The lowest BCUT2D eigenvalue weighted by molar-refractivity contribution is 0.0424. The average Bonchev–Trinajstić information content (AvgIpc) is 2.27. The SMILES string of the molecule is COc1ccc(C(C)(O)CCCC(C)(C)C)cc1. The molecule has 0 saturated heterocycles. The van der Waals surface area contributed by atoms with Crippen LogP contribution in [-0.4, -0.2) is 12.2 Å². The molecule has 0 spiro atoms. The molecule has 0 aliphatic carbocycles. The number of methoxy groups -OCH3 is 1. The second-order valence-corrected chi connectivity index (χ2v) is 6.42. The van der Waals surface area contributed by atoms with Gasteiger partial charge in [-0.3, -0.25) is 0 Å². The summed E-state index contributed by atoms with van der Waals surface area (Å²) in [5.41, 5.74) is 0.533. The molecular weight excluding hydrogens is 224 g/mol. The van der Waals surface area contributed by atoms with Gasteiger partial charge in [0.2, 0.25) is 0 Å². The van der Waals surface area contributed by atoms with Crippen molar-refractivity contribution in [2.45, 2.75) is 52.6 Å². The standard InChI is InChI=1S/C16H26O2/c1-15(2,3)11-6-12-16(4,17)13-7-9-14(18-5)10-8-13/h7-10,17H,6,11-12H2,1-5H3. The van der Waals surface area contributed by atoms with E-state index < -0.39 is 5.60 Å². The van der Waals surface area contributed by atoms with Crippen molar-refractivity contribution in [3.63, 3.8) is 0 Å². The van der Waals surface area contributed by atoms with Gasteiger partial charge in [-0.2, -0.15) is 0 Å². The highest BCUT2D eigenvalue weighted by atomic mass is 16.5. The molecule has 0 radical (unpaired) electrons. The van der Waals surface area contributed by atoms with Crippen LogP contribution in [0, 0.1) is 5.41 Å². The van der Waals surface area contributed by atoms with Crippen molar-refractivity contribution in [3.8, 4) is 5.75 Å². The Balaban J connectivity index is 2.61. The fourth-order valence-corrected chi connectivity index (χ4v) is 2.06. The van der Waals surface area contributed by atoms with Crippen LogP contribution in [0.3, 0.4) is 0 Å². The van der Waals surface area contributed by atoms with Crippen molar-refractivity contribution in [2.75, 3.05) is 7.11 Å². The van der Waals surface area contributed by atoms with Crippen molar-refractivity contribution >= 4 is 0 Å². The van der Waals surface area contributed by atoms with Gasteiger partial charge in [0.15, 0.2) is 0 Å². The Morgan fingerprint density at radius 2 is 1.56 bits per heavy atom. The predicted molar refractivity (Wildman–Crippen MR) is 75.9 cm³/mol. The number of rotatable bonds is 5. The Kier molecular flexibility index (Phi) is 4.80. The minimum Gasteiger partial charge on any atom is -0.497 e. The third-order valence-electron chi connectivity index (χ3n) is 3.30. The van der Waals surface area contributed by atoms with Crippen LogP contribution in [-0.2, 0) is 5.60 Å². The lowest BCUT2D eigenvalue weighted by Crippen LogP contribution is -2.21. The maximum Gasteiger partial charge on any atom is 0.118 e. The van der Waals surface area contributed by atoms with Crippen LogP contribution in [0.4, 0.5) is 0 Å². The molecule has 1 N–H and O–H groups in total. The number of hydrogen-bond donors (Lipinski definition) is 1. The summed E-state index contributed by atoms with van der Waals surface area (Å²) in [7, 11) is 1.65. The minimum absolute atomic E-state index is 0.329. The summed E-state index contributed by atoms with van der Waals surface area (Å²) < 4.78 is 5.13.